The molecule has 5 nitrogen and oxygen atoms in total. The van der Waals surface area contributed by atoms with Crippen LogP contribution in [0.25, 0.3) is 5.78 Å². The van der Waals surface area contributed by atoms with Crippen LogP contribution in [-0.2, 0) is 0 Å². The third-order valence-corrected chi connectivity index (χ3v) is 2.02. The number of hydrogen-bond donors (Lipinski definition) is 0. The van der Waals surface area contributed by atoms with Crippen LogP contribution < -0.4 is 4.90 Å². The number of anilines is 1. The molecule has 0 fully saturated rings. The molecule has 0 aliphatic heterocycles. The molecule has 0 aromatic carbocycles. The Labute approximate surface area is 98.6 Å². The molecule has 2 aromatic heterocycles. The first kappa shape index (κ1) is 4.47. The van der Waals surface area contributed by atoms with Crippen molar-refractivity contribution in [2.75, 3.05) is 18.0 Å². The molecule has 0 bridgehead atoms. The van der Waals surface area contributed by atoms with E-state index in [1.165, 1.54) is 15.5 Å². The number of aryl methyl sites for hydroxylation is 1. The van der Waals surface area contributed by atoms with Crippen LogP contribution in [0.4, 0.5) is 5.82 Å². The van der Waals surface area contributed by atoms with Crippen LogP contribution in [0.15, 0.2) is 12.4 Å². The summed E-state index contributed by atoms with van der Waals surface area (Å²) in [7, 11) is 0. The Hall–Kier alpha value is -1.65. The van der Waals surface area contributed by atoms with Gasteiger partial charge < -0.3 is 4.90 Å². The van der Waals surface area contributed by atoms with Gasteiger partial charge in [-0.05, 0) is 20.6 Å². The summed E-state index contributed by atoms with van der Waals surface area (Å²) in [5.41, 5.74) is 0.524. The average molecular weight is 212 g/mol. The zero-order valence-corrected chi connectivity index (χ0v) is 8.23. The molecule has 0 radical (unpaired) electrons. The summed E-state index contributed by atoms with van der Waals surface area (Å²) in [5.74, 6) is 0.363. The van der Waals surface area contributed by atoms with Gasteiger partial charge in [-0.2, -0.15) is 14.6 Å². The molecule has 0 aliphatic rings. The Kier molecular flexibility index (Phi) is 1.14. The van der Waals surface area contributed by atoms with Gasteiger partial charge in [0.25, 0.3) is 5.78 Å². The summed E-state index contributed by atoms with van der Waals surface area (Å²) in [6, 6.07) is 1.53. The summed E-state index contributed by atoms with van der Waals surface area (Å²) in [6.45, 7) is -3.95. The van der Waals surface area contributed by atoms with Gasteiger partial charge >= 0.3 is 0 Å². The number of fused-ring (bicyclic) bond motifs is 1. The van der Waals surface area contributed by atoms with Crippen molar-refractivity contribution >= 4 is 11.6 Å². The molecule has 2 heterocycles. The van der Waals surface area contributed by atoms with Crippen LogP contribution in [0.2, 0.25) is 0 Å². The molecular weight excluding hydrogens is 190 g/mol. The van der Waals surface area contributed by atoms with Crippen molar-refractivity contribution in [1.29, 1.82) is 0 Å². The third kappa shape index (κ3) is 1.65. The van der Waals surface area contributed by atoms with Crippen molar-refractivity contribution < 1.29 is 9.60 Å². The molecule has 15 heavy (non-hydrogen) atoms. The lowest BCUT2D eigenvalue weighted by molar-refractivity contribution is 0.796. The van der Waals surface area contributed by atoms with E-state index in [4.69, 9.17) is 9.60 Å². The van der Waals surface area contributed by atoms with Gasteiger partial charge in [0.2, 0.25) is 0 Å². The zero-order chi connectivity index (χ0) is 16.7. The lowest BCUT2D eigenvalue weighted by atomic mass is 10.4. The normalized spacial score (nSPS) is 19.4. The van der Waals surface area contributed by atoms with Crippen molar-refractivity contribution in [2.24, 2.45) is 0 Å². The predicted molar refractivity (Wildman–Crippen MR) is 59.1 cm³/mol. The van der Waals surface area contributed by atoms with E-state index in [0.29, 0.717) is 5.69 Å². The lowest BCUT2D eigenvalue weighted by Crippen LogP contribution is -2.25. The highest BCUT2D eigenvalue weighted by Crippen LogP contribution is 2.14. The molecule has 0 aliphatic carbocycles. The zero-order valence-electron chi connectivity index (χ0n) is 15.2. The van der Waals surface area contributed by atoms with E-state index in [-0.39, 0.29) is 17.9 Å². The van der Waals surface area contributed by atoms with E-state index in [9.17, 15) is 0 Å². The van der Waals surface area contributed by atoms with Gasteiger partial charge in [-0.1, -0.05) is 0 Å². The largest absolute Gasteiger partial charge is 0.357 e. The minimum atomic E-state index is -2.35. The average Bonchev–Trinajstić information content (AvgIpc) is 2.63. The highest BCUT2D eigenvalue weighted by atomic mass is 15.4. The van der Waals surface area contributed by atoms with E-state index >= 15 is 0 Å². The van der Waals surface area contributed by atoms with Crippen LogP contribution in [0.5, 0.6) is 0 Å². The van der Waals surface area contributed by atoms with Gasteiger partial charge in [0, 0.05) is 33.1 Å². The summed E-state index contributed by atoms with van der Waals surface area (Å²) in [6.07, 6.45) is -0.276. The second-order valence-electron chi connectivity index (χ2n) is 3.04. The van der Waals surface area contributed by atoms with Gasteiger partial charge in [-0.25, -0.2) is 4.98 Å². The van der Waals surface area contributed by atoms with Gasteiger partial charge in [0.15, 0.2) is 0 Å². The van der Waals surface area contributed by atoms with Gasteiger partial charge in [-0.15, -0.1) is 0 Å². The quantitative estimate of drug-likeness (QED) is 0.769. The Bertz CT molecular complexity index is 659. The Balaban J connectivity index is 2.55. The van der Waals surface area contributed by atoms with E-state index in [2.05, 4.69) is 15.1 Å². The minimum absolute atomic E-state index is 0.126. The molecule has 2 aromatic rings. The first-order chi connectivity index (χ1) is 9.94. The molecule has 0 amide bonds. The number of aromatic nitrogens is 4. The molecule has 0 N–H and O–H groups in total. The summed E-state index contributed by atoms with van der Waals surface area (Å²) in [4.78, 5) is 9.11. The van der Waals surface area contributed by atoms with Crippen molar-refractivity contribution in [3.8, 4) is 0 Å². The number of hydrogen-bond acceptors (Lipinski definition) is 4. The van der Waals surface area contributed by atoms with Crippen molar-refractivity contribution in [3.05, 3.63) is 18.1 Å². The third-order valence-electron chi connectivity index (χ3n) is 2.02. The molecule has 5 heteroatoms. The second kappa shape index (κ2) is 3.84. The summed E-state index contributed by atoms with van der Waals surface area (Å²) in [5, 5.41) is 3.84. The highest BCUT2D eigenvalue weighted by Gasteiger charge is 2.09. The number of rotatable bonds is 3. The van der Waals surface area contributed by atoms with Crippen LogP contribution in [0.1, 0.15) is 29.0 Å². The highest BCUT2D eigenvalue weighted by molar-refractivity contribution is 5.46. The van der Waals surface area contributed by atoms with E-state index in [1.807, 2.05) is 0 Å². The maximum absolute atomic E-state index is 7.47. The fourth-order valence-electron chi connectivity index (χ4n) is 1.31. The van der Waals surface area contributed by atoms with Crippen molar-refractivity contribution in [1.82, 2.24) is 19.6 Å². The van der Waals surface area contributed by atoms with Gasteiger partial charge in [0.1, 0.15) is 13.5 Å². The Morgan fingerprint density at radius 3 is 3.07 bits per heavy atom. The molecule has 0 saturated heterocycles. The molecule has 0 saturated carbocycles. The fourth-order valence-corrected chi connectivity index (χ4v) is 1.31. The van der Waals surface area contributed by atoms with Crippen LogP contribution >= 0.6 is 0 Å². The predicted octanol–water partition coefficient (Wildman–Crippen LogP) is 1.28. The van der Waals surface area contributed by atoms with Gasteiger partial charge in [0.05, 0.1) is 0 Å². The molecule has 0 unspecified atom stereocenters. The van der Waals surface area contributed by atoms with Gasteiger partial charge in [-0.3, -0.25) is 0 Å². The first-order valence-corrected chi connectivity index (χ1v) is 4.41. The fraction of sp³-hybridized carbons (Fsp3) is 0.500. The maximum Gasteiger partial charge on any atom is 0.254 e. The molecule has 0 spiro atoms. The smallest absolute Gasteiger partial charge is 0.254 e. The minimum Gasteiger partial charge on any atom is -0.357 e. The van der Waals surface area contributed by atoms with E-state index in [1.54, 1.807) is 6.92 Å². The van der Waals surface area contributed by atoms with Crippen molar-refractivity contribution in [3.63, 3.8) is 0 Å². The molecule has 2 rings (SSSR count). The standard InChI is InChI=1S/C10H15N5/c1-4-14(5-2)9-6-8(3)13-10-11-7-12-15(9)10/h6-7H,4-5H2,1-3H3/i1D3,2D3,7D. The van der Waals surface area contributed by atoms with Crippen molar-refractivity contribution in [2.45, 2.75) is 20.6 Å². The number of nitrogens with zero attached hydrogens (tertiary/aromatic N) is 5. The Morgan fingerprint density at radius 1 is 1.53 bits per heavy atom. The lowest BCUT2D eigenvalue weighted by Gasteiger charge is -2.21. The molecular formula is C10H15N5. The topological polar surface area (TPSA) is 46.3 Å². The molecule has 80 valence electrons. The first-order valence-electron chi connectivity index (χ1n) is 7.91. The Morgan fingerprint density at radius 2 is 2.33 bits per heavy atom. The monoisotopic (exact) mass is 212 g/mol. The maximum atomic E-state index is 7.47. The van der Waals surface area contributed by atoms with Crippen LogP contribution in [0.3, 0.4) is 0 Å². The van der Waals surface area contributed by atoms with Crippen LogP contribution in [0, 0.1) is 6.92 Å². The summed E-state index contributed by atoms with van der Waals surface area (Å²) < 4.78 is 53.0. The molecule has 0 atom stereocenters. The van der Waals surface area contributed by atoms with E-state index in [0.717, 1.165) is 0 Å². The van der Waals surface area contributed by atoms with E-state index < -0.39 is 26.8 Å². The van der Waals surface area contributed by atoms with Crippen LogP contribution in [-0.4, -0.2) is 32.7 Å². The second-order valence-corrected chi connectivity index (χ2v) is 3.04. The SMILES string of the molecule is [2H]c1nc2nc(C)cc(N(CC([2H])([2H])[2H])CC([2H])([2H])[2H])n2n1. The summed E-state index contributed by atoms with van der Waals surface area (Å²) >= 11 is 0.